The van der Waals surface area contributed by atoms with Gasteiger partial charge in [0.05, 0.1) is 6.54 Å². The summed E-state index contributed by atoms with van der Waals surface area (Å²) < 4.78 is 26.4. The number of hydrogen-bond donors (Lipinski definition) is 1. The molecule has 1 N–H and O–H groups in total. The molecule has 0 aliphatic heterocycles. The minimum Gasteiger partial charge on any atom is -0.206 e. The van der Waals surface area contributed by atoms with E-state index in [2.05, 4.69) is 32.5 Å². The number of hydrogen-bond acceptors (Lipinski definition) is 3. The van der Waals surface area contributed by atoms with Crippen molar-refractivity contribution in [2.75, 3.05) is 6.54 Å². The Hall–Kier alpha value is -0.350. The third kappa shape index (κ3) is 2.82. The maximum atomic E-state index is 11.6. The van der Waals surface area contributed by atoms with Crippen molar-refractivity contribution in [3.8, 4) is 11.8 Å². The van der Waals surface area contributed by atoms with Crippen molar-refractivity contribution < 1.29 is 8.42 Å². The molecule has 1 heterocycles. The second-order valence-corrected chi connectivity index (χ2v) is 6.04. The first kappa shape index (κ1) is 11.7. The average Bonchev–Trinajstić information content (AvgIpc) is 2.52. The SMILES string of the molecule is CC#CCNS(=O)(=O)c1sccc1Br. The Morgan fingerprint density at radius 3 is 2.86 bits per heavy atom. The highest BCUT2D eigenvalue weighted by Crippen LogP contribution is 2.26. The van der Waals surface area contributed by atoms with Crippen molar-refractivity contribution in [2.24, 2.45) is 0 Å². The van der Waals surface area contributed by atoms with Gasteiger partial charge in [0, 0.05) is 4.47 Å². The smallest absolute Gasteiger partial charge is 0.206 e. The third-order valence-electron chi connectivity index (χ3n) is 1.36. The Balaban J connectivity index is 2.85. The molecule has 3 nitrogen and oxygen atoms in total. The van der Waals surface area contributed by atoms with E-state index in [0.717, 1.165) is 0 Å². The zero-order valence-corrected chi connectivity index (χ0v) is 10.6. The Kier molecular flexibility index (Phi) is 4.13. The predicted octanol–water partition coefficient (Wildman–Crippen LogP) is 1.81. The van der Waals surface area contributed by atoms with E-state index in [-0.39, 0.29) is 10.8 Å². The van der Waals surface area contributed by atoms with Gasteiger partial charge in [0.1, 0.15) is 4.21 Å². The minimum absolute atomic E-state index is 0.142. The lowest BCUT2D eigenvalue weighted by Crippen LogP contribution is -2.23. The van der Waals surface area contributed by atoms with E-state index in [0.29, 0.717) is 4.47 Å². The first-order valence-corrected chi connectivity index (χ1v) is 6.86. The molecule has 0 radical (unpaired) electrons. The standard InChI is InChI=1S/C8H8BrNO2S2/c1-2-3-5-10-14(11,12)8-7(9)4-6-13-8/h4,6,10H,5H2,1H3. The zero-order chi connectivity index (χ0) is 10.6. The van der Waals surface area contributed by atoms with Gasteiger partial charge < -0.3 is 0 Å². The molecule has 0 aliphatic rings. The molecule has 0 aliphatic carbocycles. The lowest BCUT2D eigenvalue weighted by atomic mass is 10.6. The first-order chi connectivity index (χ1) is 6.58. The van der Waals surface area contributed by atoms with Crippen LogP contribution in [0.4, 0.5) is 0 Å². The van der Waals surface area contributed by atoms with Crippen LogP contribution in [-0.2, 0) is 10.0 Å². The van der Waals surface area contributed by atoms with E-state index >= 15 is 0 Å². The molecule has 1 aromatic heterocycles. The maximum absolute atomic E-state index is 11.6. The summed E-state index contributed by atoms with van der Waals surface area (Å²) in [5.41, 5.74) is 0. The van der Waals surface area contributed by atoms with E-state index < -0.39 is 10.0 Å². The van der Waals surface area contributed by atoms with Crippen LogP contribution in [-0.4, -0.2) is 15.0 Å². The molecular formula is C8H8BrNO2S2. The van der Waals surface area contributed by atoms with Crippen LogP contribution in [0.15, 0.2) is 20.1 Å². The van der Waals surface area contributed by atoms with Gasteiger partial charge in [-0.25, -0.2) is 8.42 Å². The van der Waals surface area contributed by atoms with Gasteiger partial charge in [0.25, 0.3) is 10.0 Å². The molecule has 14 heavy (non-hydrogen) atoms. The van der Waals surface area contributed by atoms with Gasteiger partial charge >= 0.3 is 0 Å². The van der Waals surface area contributed by atoms with Crippen molar-refractivity contribution in [1.82, 2.24) is 4.72 Å². The number of sulfonamides is 1. The first-order valence-electron chi connectivity index (χ1n) is 3.70. The van der Waals surface area contributed by atoms with Crippen LogP contribution in [0.1, 0.15) is 6.92 Å². The van der Waals surface area contributed by atoms with Gasteiger partial charge in [-0.15, -0.1) is 17.3 Å². The molecule has 6 heteroatoms. The van der Waals surface area contributed by atoms with Crippen LogP contribution in [0.25, 0.3) is 0 Å². The molecule has 0 unspecified atom stereocenters. The fourth-order valence-electron chi connectivity index (χ4n) is 0.757. The second-order valence-electron chi connectivity index (χ2n) is 2.31. The highest BCUT2D eigenvalue weighted by atomic mass is 79.9. The summed E-state index contributed by atoms with van der Waals surface area (Å²) >= 11 is 4.34. The quantitative estimate of drug-likeness (QED) is 0.864. The Bertz CT molecular complexity index is 467. The van der Waals surface area contributed by atoms with E-state index in [4.69, 9.17) is 0 Å². The van der Waals surface area contributed by atoms with Crippen molar-refractivity contribution in [2.45, 2.75) is 11.1 Å². The highest BCUT2D eigenvalue weighted by Gasteiger charge is 2.17. The van der Waals surface area contributed by atoms with Gasteiger partial charge in [-0.3, -0.25) is 0 Å². The van der Waals surface area contributed by atoms with Crippen LogP contribution in [0.5, 0.6) is 0 Å². The molecular weight excluding hydrogens is 286 g/mol. The van der Waals surface area contributed by atoms with Crippen LogP contribution >= 0.6 is 27.3 Å². The minimum atomic E-state index is -3.40. The fraction of sp³-hybridized carbons (Fsp3) is 0.250. The summed E-state index contributed by atoms with van der Waals surface area (Å²) in [5, 5.41) is 1.71. The molecule has 0 amide bonds. The normalized spacial score (nSPS) is 10.7. The zero-order valence-electron chi connectivity index (χ0n) is 7.37. The largest absolute Gasteiger partial charge is 0.252 e. The number of thiophene rings is 1. The molecule has 0 aromatic carbocycles. The molecule has 76 valence electrons. The van der Waals surface area contributed by atoms with E-state index in [1.54, 1.807) is 18.4 Å². The molecule has 1 aromatic rings. The number of nitrogens with one attached hydrogen (secondary N) is 1. The van der Waals surface area contributed by atoms with E-state index in [9.17, 15) is 8.42 Å². The summed E-state index contributed by atoms with van der Waals surface area (Å²) in [7, 11) is -3.40. The van der Waals surface area contributed by atoms with E-state index in [1.807, 2.05) is 0 Å². The van der Waals surface area contributed by atoms with Gasteiger partial charge in [-0.2, -0.15) is 4.72 Å². The highest BCUT2D eigenvalue weighted by molar-refractivity contribution is 9.10. The lowest BCUT2D eigenvalue weighted by Gasteiger charge is -2.00. The van der Waals surface area contributed by atoms with Gasteiger partial charge in [0.2, 0.25) is 0 Å². The lowest BCUT2D eigenvalue weighted by molar-refractivity contribution is 0.588. The number of halogens is 1. The van der Waals surface area contributed by atoms with Crippen LogP contribution in [0, 0.1) is 11.8 Å². The van der Waals surface area contributed by atoms with Gasteiger partial charge in [-0.1, -0.05) is 5.92 Å². The van der Waals surface area contributed by atoms with Crippen molar-refractivity contribution in [1.29, 1.82) is 0 Å². The summed E-state index contributed by atoms with van der Waals surface area (Å²) in [6.45, 7) is 1.80. The molecule has 0 spiro atoms. The summed E-state index contributed by atoms with van der Waals surface area (Å²) in [4.78, 5) is 0. The van der Waals surface area contributed by atoms with Gasteiger partial charge in [-0.05, 0) is 34.3 Å². The van der Waals surface area contributed by atoms with Crippen molar-refractivity contribution in [3.63, 3.8) is 0 Å². The van der Waals surface area contributed by atoms with Gasteiger partial charge in [0.15, 0.2) is 0 Å². The third-order valence-corrected chi connectivity index (χ3v) is 5.43. The Labute approximate surface area is 95.7 Å². The molecule has 0 saturated heterocycles. The van der Waals surface area contributed by atoms with Crippen LogP contribution < -0.4 is 4.72 Å². The Morgan fingerprint density at radius 2 is 2.36 bits per heavy atom. The maximum Gasteiger partial charge on any atom is 0.252 e. The molecule has 1 rings (SSSR count). The Morgan fingerprint density at radius 1 is 1.64 bits per heavy atom. The predicted molar refractivity (Wildman–Crippen MR) is 60.7 cm³/mol. The summed E-state index contributed by atoms with van der Waals surface area (Å²) in [6.07, 6.45) is 0. The van der Waals surface area contributed by atoms with Crippen molar-refractivity contribution in [3.05, 3.63) is 15.9 Å². The van der Waals surface area contributed by atoms with Crippen LogP contribution in [0.2, 0.25) is 0 Å². The topological polar surface area (TPSA) is 46.2 Å². The van der Waals surface area contributed by atoms with Crippen molar-refractivity contribution >= 4 is 37.3 Å². The van der Waals surface area contributed by atoms with Crippen LogP contribution in [0.3, 0.4) is 0 Å². The number of rotatable bonds is 3. The molecule has 0 saturated carbocycles. The van der Waals surface area contributed by atoms with E-state index in [1.165, 1.54) is 11.3 Å². The monoisotopic (exact) mass is 293 g/mol. The molecule has 0 atom stereocenters. The molecule has 0 fully saturated rings. The second kappa shape index (κ2) is 4.94. The summed E-state index contributed by atoms with van der Waals surface area (Å²) in [6, 6.07) is 1.70. The summed E-state index contributed by atoms with van der Waals surface area (Å²) in [5.74, 6) is 5.25. The molecule has 0 bridgehead atoms. The fourth-order valence-corrected chi connectivity index (χ4v) is 4.06. The average molecular weight is 294 g/mol.